The number of amides is 2. The van der Waals surface area contributed by atoms with E-state index >= 15 is 0 Å². The number of ether oxygens (including phenoxy) is 3. The number of pyridine rings is 3. The minimum Gasteiger partial charge on any atom is -0.497 e. The van der Waals surface area contributed by atoms with Gasteiger partial charge < -0.3 is 24.1 Å². The molecular formula is C33H31N7O6. The van der Waals surface area contributed by atoms with Gasteiger partial charge in [0.2, 0.25) is 0 Å². The maximum atomic E-state index is 13.2. The fourth-order valence-electron chi connectivity index (χ4n) is 6.42. The summed E-state index contributed by atoms with van der Waals surface area (Å²) < 4.78 is 18.4. The van der Waals surface area contributed by atoms with Crippen LogP contribution in [0.2, 0.25) is 0 Å². The standard InChI is InChI=1S/C33H31N7O6/c1-44-23-5-2-20(3-6-23)18-39-31(42)19-45-27-9-10-29(37-32(27)39)40-25-8-4-22(15-28(25)46-33(40)43)35-12-13-38-26-14-21(16-34)17-36-24(26)7-11-30(38)41/h2-3,5-7,9-11,14,17,22,25,28,35H,4,8,12-13,15,18-19H2,1H3/t22-,25-,28-/m0/s1. The summed E-state index contributed by atoms with van der Waals surface area (Å²) in [4.78, 5) is 50.9. The van der Waals surface area contributed by atoms with Gasteiger partial charge in [-0.05, 0) is 54.8 Å². The highest BCUT2D eigenvalue weighted by molar-refractivity contribution is 5.97. The van der Waals surface area contributed by atoms with Gasteiger partial charge in [0.15, 0.2) is 18.2 Å². The van der Waals surface area contributed by atoms with E-state index in [9.17, 15) is 19.6 Å². The predicted octanol–water partition coefficient (Wildman–Crippen LogP) is 3.13. The molecule has 1 N–H and O–H groups in total. The van der Waals surface area contributed by atoms with Gasteiger partial charge in [0.05, 0.1) is 36.3 Å². The molecule has 2 fully saturated rings. The van der Waals surface area contributed by atoms with Crippen LogP contribution in [-0.2, 0) is 22.6 Å². The van der Waals surface area contributed by atoms with Crippen molar-refractivity contribution in [1.29, 1.82) is 5.26 Å². The van der Waals surface area contributed by atoms with Gasteiger partial charge in [0.25, 0.3) is 11.5 Å². The van der Waals surface area contributed by atoms with E-state index in [1.165, 1.54) is 12.3 Å². The summed E-state index contributed by atoms with van der Waals surface area (Å²) in [6.07, 6.45) is 2.75. The lowest BCUT2D eigenvalue weighted by Crippen LogP contribution is -2.47. The first-order chi connectivity index (χ1) is 22.4. The Morgan fingerprint density at radius 2 is 1.93 bits per heavy atom. The van der Waals surface area contributed by atoms with E-state index in [0.29, 0.717) is 66.5 Å². The fraction of sp³-hybridized carbons (Fsp3) is 0.333. The smallest absolute Gasteiger partial charge is 0.416 e. The van der Waals surface area contributed by atoms with Crippen LogP contribution in [0.5, 0.6) is 11.5 Å². The molecule has 0 radical (unpaired) electrons. The molecule has 1 saturated carbocycles. The molecular weight excluding hydrogens is 590 g/mol. The van der Waals surface area contributed by atoms with Gasteiger partial charge in [-0.3, -0.25) is 24.4 Å². The molecule has 234 valence electrons. The van der Waals surface area contributed by atoms with Crippen molar-refractivity contribution in [1.82, 2.24) is 19.9 Å². The van der Waals surface area contributed by atoms with Crippen molar-refractivity contribution in [2.24, 2.45) is 0 Å². The summed E-state index contributed by atoms with van der Waals surface area (Å²) in [6, 6.07) is 17.7. The third kappa shape index (κ3) is 5.48. The van der Waals surface area contributed by atoms with Crippen LogP contribution in [0.1, 0.15) is 30.4 Å². The zero-order chi connectivity index (χ0) is 31.8. The van der Waals surface area contributed by atoms with Crippen LogP contribution in [0, 0.1) is 11.3 Å². The Morgan fingerprint density at radius 3 is 2.74 bits per heavy atom. The van der Waals surface area contributed by atoms with Crippen molar-refractivity contribution < 1.29 is 23.8 Å². The number of methoxy groups -OCH3 is 1. The van der Waals surface area contributed by atoms with Gasteiger partial charge >= 0.3 is 6.09 Å². The van der Waals surface area contributed by atoms with E-state index in [2.05, 4.69) is 16.4 Å². The summed E-state index contributed by atoms with van der Waals surface area (Å²) in [5.41, 5.74) is 2.39. The second-order valence-electron chi connectivity index (χ2n) is 11.5. The van der Waals surface area contributed by atoms with Crippen molar-refractivity contribution in [3.63, 3.8) is 0 Å². The van der Waals surface area contributed by atoms with Gasteiger partial charge in [-0.1, -0.05) is 12.1 Å². The molecule has 1 aromatic carbocycles. The van der Waals surface area contributed by atoms with Gasteiger partial charge in [-0.2, -0.15) is 5.26 Å². The van der Waals surface area contributed by atoms with Crippen molar-refractivity contribution in [3.05, 3.63) is 82.3 Å². The average molecular weight is 622 g/mol. The van der Waals surface area contributed by atoms with Crippen LogP contribution in [-0.4, -0.2) is 65.0 Å². The van der Waals surface area contributed by atoms with Crippen LogP contribution in [0.4, 0.5) is 16.4 Å². The Bertz CT molecular complexity index is 1920. The van der Waals surface area contributed by atoms with Gasteiger partial charge in [-0.25, -0.2) is 9.78 Å². The number of benzene rings is 1. The monoisotopic (exact) mass is 621 g/mol. The van der Waals surface area contributed by atoms with Crippen molar-refractivity contribution in [2.75, 3.05) is 30.1 Å². The molecule has 2 aliphatic heterocycles. The number of hydrogen-bond donors (Lipinski definition) is 1. The van der Waals surface area contributed by atoms with Gasteiger partial charge in [0, 0.05) is 37.8 Å². The van der Waals surface area contributed by atoms with Crippen LogP contribution in [0.25, 0.3) is 11.0 Å². The lowest BCUT2D eigenvalue weighted by atomic mass is 9.88. The maximum absolute atomic E-state index is 13.2. The molecule has 0 bridgehead atoms. The summed E-state index contributed by atoms with van der Waals surface area (Å²) in [5, 5.41) is 12.8. The predicted molar refractivity (Wildman–Crippen MR) is 167 cm³/mol. The first-order valence-electron chi connectivity index (χ1n) is 15.1. The number of hydrogen-bond acceptors (Lipinski definition) is 10. The van der Waals surface area contributed by atoms with Crippen molar-refractivity contribution in [2.45, 2.75) is 50.5 Å². The second-order valence-corrected chi connectivity index (χ2v) is 11.5. The van der Waals surface area contributed by atoms with Gasteiger partial charge in [-0.15, -0.1) is 0 Å². The molecule has 5 heterocycles. The number of carbonyl (C=O) groups is 2. The molecule has 0 unspecified atom stereocenters. The number of rotatable bonds is 8. The highest BCUT2D eigenvalue weighted by Crippen LogP contribution is 2.39. The van der Waals surface area contributed by atoms with Gasteiger partial charge in [0.1, 0.15) is 23.7 Å². The first-order valence-corrected chi connectivity index (χ1v) is 15.1. The zero-order valence-corrected chi connectivity index (χ0v) is 25.1. The third-order valence-corrected chi connectivity index (χ3v) is 8.75. The Kier molecular flexibility index (Phi) is 7.71. The molecule has 13 nitrogen and oxygen atoms in total. The Morgan fingerprint density at radius 1 is 1.09 bits per heavy atom. The molecule has 3 aromatic heterocycles. The molecule has 7 rings (SSSR count). The number of nitriles is 1. The maximum Gasteiger partial charge on any atom is 0.416 e. The molecule has 2 amide bonds. The average Bonchev–Trinajstić information content (AvgIpc) is 3.41. The number of anilines is 2. The molecule has 1 aliphatic carbocycles. The van der Waals surface area contributed by atoms with Crippen molar-refractivity contribution in [3.8, 4) is 17.6 Å². The van der Waals surface area contributed by atoms with E-state index in [-0.39, 0.29) is 36.3 Å². The van der Waals surface area contributed by atoms with Crippen LogP contribution >= 0.6 is 0 Å². The summed E-state index contributed by atoms with van der Waals surface area (Å²) in [5.74, 6) is 1.73. The Balaban J connectivity index is 1.03. The molecule has 1 saturated heterocycles. The minimum atomic E-state index is -0.476. The topological polar surface area (TPSA) is 152 Å². The SMILES string of the molecule is COc1ccc(CN2C(=O)COc3ccc(N4C(=O)O[C@H]5C[C@@H](NCCn6c(=O)ccc7ncc(C#N)cc76)CC[C@@H]54)nc32)cc1. The van der Waals surface area contributed by atoms with E-state index in [0.717, 1.165) is 17.7 Å². The number of nitrogens with one attached hydrogen (secondary N) is 1. The van der Waals surface area contributed by atoms with Crippen LogP contribution in [0.15, 0.2) is 65.6 Å². The second kappa shape index (κ2) is 12.1. The number of carbonyl (C=O) groups excluding carboxylic acids is 2. The first kappa shape index (κ1) is 29.2. The molecule has 13 heteroatoms. The number of fused-ring (bicyclic) bond motifs is 3. The summed E-state index contributed by atoms with van der Waals surface area (Å²) in [6.45, 7) is 1.11. The summed E-state index contributed by atoms with van der Waals surface area (Å²) >= 11 is 0. The van der Waals surface area contributed by atoms with E-state index in [1.54, 1.807) is 45.7 Å². The quantitative estimate of drug-likeness (QED) is 0.311. The largest absolute Gasteiger partial charge is 0.497 e. The zero-order valence-electron chi connectivity index (χ0n) is 25.1. The molecule has 46 heavy (non-hydrogen) atoms. The van der Waals surface area contributed by atoms with Crippen LogP contribution < -0.4 is 30.1 Å². The Hall–Kier alpha value is -5.48. The van der Waals surface area contributed by atoms with E-state index in [1.807, 2.05) is 24.3 Å². The molecule has 3 aliphatic rings. The number of aromatic nitrogens is 3. The summed E-state index contributed by atoms with van der Waals surface area (Å²) in [7, 11) is 1.60. The van der Waals surface area contributed by atoms with E-state index < -0.39 is 6.09 Å². The minimum absolute atomic E-state index is 0.0787. The molecule has 3 atom stereocenters. The highest BCUT2D eigenvalue weighted by atomic mass is 16.6. The fourth-order valence-corrected chi connectivity index (χ4v) is 6.42. The lowest BCUT2D eigenvalue weighted by Gasteiger charge is -2.34. The highest BCUT2D eigenvalue weighted by Gasteiger charge is 2.47. The van der Waals surface area contributed by atoms with Crippen LogP contribution in [0.3, 0.4) is 0 Å². The number of nitrogens with zero attached hydrogens (tertiary/aromatic N) is 6. The molecule has 4 aromatic rings. The van der Waals surface area contributed by atoms with E-state index in [4.69, 9.17) is 19.2 Å². The van der Waals surface area contributed by atoms with Crippen molar-refractivity contribution >= 4 is 34.7 Å². The Labute approximate surface area is 263 Å². The lowest BCUT2D eigenvalue weighted by molar-refractivity contribution is -0.121. The third-order valence-electron chi connectivity index (χ3n) is 8.75. The molecule has 0 spiro atoms. The normalized spacial score (nSPS) is 20.5.